The second-order valence-corrected chi connectivity index (χ2v) is 5.01. The number of halogens is 1. The molecule has 0 aliphatic heterocycles. The zero-order chi connectivity index (χ0) is 14.0. The smallest absolute Gasteiger partial charge is 0.221 e. The van der Waals surface area contributed by atoms with Crippen molar-refractivity contribution in [3.05, 3.63) is 46.6 Å². The third-order valence-corrected chi connectivity index (χ3v) is 3.48. The lowest BCUT2D eigenvalue weighted by Gasteiger charge is -2.27. The van der Waals surface area contributed by atoms with E-state index in [4.69, 9.17) is 17.3 Å². The SMILES string of the molecule is Cc1cnc(N)nc1N(C)C(C)c1ccc(Cl)cc1. The lowest BCUT2D eigenvalue weighted by molar-refractivity contribution is 0.725. The molecule has 1 heterocycles. The van der Waals surface area contributed by atoms with Gasteiger partial charge in [0.1, 0.15) is 5.82 Å². The molecular formula is C14H17ClN4. The molecule has 0 saturated heterocycles. The van der Waals surface area contributed by atoms with Gasteiger partial charge in [-0.05, 0) is 31.5 Å². The molecule has 100 valence electrons. The van der Waals surface area contributed by atoms with Gasteiger partial charge in [0.15, 0.2) is 0 Å². The van der Waals surface area contributed by atoms with Gasteiger partial charge in [-0.15, -0.1) is 0 Å². The molecule has 0 bridgehead atoms. The number of benzene rings is 1. The average molecular weight is 277 g/mol. The maximum absolute atomic E-state index is 5.91. The largest absolute Gasteiger partial charge is 0.368 e. The molecule has 0 amide bonds. The normalized spacial score (nSPS) is 12.2. The highest BCUT2D eigenvalue weighted by molar-refractivity contribution is 6.30. The summed E-state index contributed by atoms with van der Waals surface area (Å²) >= 11 is 5.91. The molecule has 0 aliphatic rings. The molecule has 0 radical (unpaired) electrons. The maximum atomic E-state index is 5.91. The highest BCUT2D eigenvalue weighted by Gasteiger charge is 2.15. The van der Waals surface area contributed by atoms with Crippen molar-refractivity contribution in [1.29, 1.82) is 0 Å². The number of nitrogens with two attached hydrogens (primary N) is 1. The van der Waals surface area contributed by atoms with Crippen molar-refractivity contribution in [3.8, 4) is 0 Å². The molecule has 0 fully saturated rings. The van der Waals surface area contributed by atoms with E-state index < -0.39 is 0 Å². The van der Waals surface area contributed by atoms with Crippen LogP contribution in [0, 0.1) is 6.92 Å². The summed E-state index contributed by atoms with van der Waals surface area (Å²) in [5.41, 5.74) is 7.83. The van der Waals surface area contributed by atoms with Crippen molar-refractivity contribution < 1.29 is 0 Å². The van der Waals surface area contributed by atoms with E-state index in [1.54, 1.807) is 6.20 Å². The zero-order valence-corrected chi connectivity index (χ0v) is 12.0. The minimum Gasteiger partial charge on any atom is -0.368 e. The van der Waals surface area contributed by atoms with Crippen LogP contribution >= 0.6 is 11.6 Å². The van der Waals surface area contributed by atoms with Gasteiger partial charge in [0, 0.05) is 23.8 Å². The number of hydrogen-bond acceptors (Lipinski definition) is 4. The summed E-state index contributed by atoms with van der Waals surface area (Å²) in [7, 11) is 1.99. The van der Waals surface area contributed by atoms with Crippen molar-refractivity contribution >= 4 is 23.4 Å². The molecule has 1 aromatic carbocycles. The topological polar surface area (TPSA) is 55.0 Å². The first-order valence-electron chi connectivity index (χ1n) is 6.06. The standard InChI is InChI=1S/C14H17ClN4/c1-9-8-17-14(16)18-13(9)19(3)10(2)11-4-6-12(15)7-5-11/h4-8,10H,1-3H3,(H2,16,17,18). The number of nitrogens with zero attached hydrogens (tertiary/aromatic N) is 3. The second-order valence-electron chi connectivity index (χ2n) is 4.57. The van der Waals surface area contributed by atoms with Gasteiger partial charge in [-0.2, -0.15) is 4.98 Å². The van der Waals surface area contributed by atoms with Gasteiger partial charge in [-0.3, -0.25) is 0 Å². The molecule has 0 saturated carbocycles. The van der Waals surface area contributed by atoms with Crippen LogP contribution in [-0.2, 0) is 0 Å². The van der Waals surface area contributed by atoms with Crippen LogP contribution in [0.1, 0.15) is 24.1 Å². The third kappa shape index (κ3) is 2.96. The summed E-state index contributed by atoms with van der Waals surface area (Å²) in [5.74, 6) is 1.13. The van der Waals surface area contributed by atoms with Crippen LogP contribution in [0.4, 0.5) is 11.8 Å². The summed E-state index contributed by atoms with van der Waals surface area (Å²) in [6.45, 7) is 4.08. The van der Waals surface area contributed by atoms with E-state index in [1.165, 1.54) is 5.56 Å². The Morgan fingerprint density at radius 2 is 1.89 bits per heavy atom. The van der Waals surface area contributed by atoms with Crippen LogP contribution in [0.2, 0.25) is 5.02 Å². The van der Waals surface area contributed by atoms with Gasteiger partial charge >= 0.3 is 0 Å². The summed E-state index contributed by atoms with van der Waals surface area (Å²) in [4.78, 5) is 10.4. The Morgan fingerprint density at radius 3 is 2.53 bits per heavy atom. The quantitative estimate of drug-likeness (QED) is 0.935. The predicted octanol–water partition coefficient (Wildman–Crippen LogP) is 3.22. The van der Waals surface area contributed by atoms with E-state index in [0.717, 1.165) is 16.4 Å². The molecule has 2 N–H and O–H groups in total. The lowest BCUT2D eigenvalue weighted by atomic mass is 10.1. The van der Waals surface area contributed by atoms with Gasteiger partial charge in [0.2, 0.25) is 5.95 Å². The fraction of sp³-hybridized carbons (Fsp3) is 0.286. The number of nitrogen functional groups attached to an aromatic ring is 1. The molecule has 0 aliphatic carbocycles. The first-order chi connectivity index (χ1) is 8.99. The Kier molecular flexibility index (Phi) is 3.90. The van der Waals surface area contributed by atoms with Gasteiger partial charge in [0.05, 0.1) is 6.04 Å². The fourth-order valence-corrected chi connectivity index (χ4v) is 2.08. The number of hydrogen-bond donors (Lipinski definition) is 1. The molecular weight excluding hydrogens is 260 g/mol. The van der Waals surface area contributed by atoms with Crippen molar-refractivity contribution in [2.45, 2.75) is 19.9 Å². The van der Waals surface area contributed by atoms with Crippen LogP contribution in [-0.4, -0.2) is 17.0 Å². The first kappa shape index (κ1) is 13.6. The van der Waals surface area contributed by atoms with Crippen molar-refractivity contribution in [1.82, 2.24) is 9.97 Å². The van der Waals surface area contributed by atoms with Crippen LogP contribution < -0.4 is 10.6 Å². The van der Waals surface area contributed by atoms with Crippen LogP contribution in [0.5, 0.6) is 0 Å². The maximum Gasteiger partial charge on any atom is 0.221 e. The molecule has 4 nitrogen and oxygen atoms in total. The molecule has 1 aromatic heterocycles. The van der Waals surface area contributed by atoms with E-state index in [2.05, 4.69) is 21.8 Å². The Labute approximate surface area is 118 Å². The van der Waals surface area contributed by atoms with E-state index in [1.807, 2.05) is 38.2 Å². The van der Waals surface area contributed by atoms with Gasteiger partial charge in [-0.1, -0.05) is 23.7 Å². The predicted molar refractivity (Wildman–Crippen MR) is 79.5 cm³/mol. The molecule has 1 unspecified atom stereocenters. The van der Waals surface area contributed by atoms with Crippen LogP contribution in [0.3, 0.4) is 0 Å². The van der Waals surface area contributed by atoms with E-state index >= 15 is 0 Å². The van der Waals surface area contributed by atoms with Crippen LogP contribution in [0.25, 0.3) is 0 Å². The first-order valence-corrected chi connectivity index (χ1v) is 6.44. The third-order valence-electron chi connectivity index (χ3n) is 3.23. The summed E-state index contributed by atoms with van der Waals surface area (Å²) < 4.78 is 0. The van der Waals surface area contributed by atoms with Crippen molar-refractivity contribution in [2.75, 3.05) is 17.7 Å². The van der Waals surface area contributed by atoms with Gasteiger partial charge in [-0.25, -0.2) is 4.98 Å². The lowest BCUT2D eigenvalue weighted by Crippen LogP contribution is -2.24. The molecule has 2 rings (SSSR count). The van der Waals surface area contributed by atoms with E-state index in [0.29, 0.717) is 0 Å². The van der Waals surface area contributed by atoms with Crippen LogP contribution in [0.15, 0.2) is 30.5 Å². The monoisotopic (exact) mass is 276 g/mol. The number of anilines is 2. The number of aromatic nitrogens is 2. The highest BCUT2D eigenvalue weighted by atomic mass is 35.5. The molecule has 2 aromatic rings. The number of aryl methyl sites for hydroxylation is 1. The summed E-state index contributed by atoms with van der Waals surface area (Å²) in [5, 5.41) is 0.737. The van der Waals surface area contributed by atoms with Crippen molar-refractivity contribution in [2.24, 2.45) is 0 Å². The minimum absolute atomic E-state index is 0.172. The van der Waals surface area contributed by atoms with E-state index in [-0.39, 0.29) is 12.0 Å². The minimum atomic E-state index is 0.172. The Hall–Kier alpha value is -1.81. The average Bonchev–Trinajstić information content (AvgIpc) is 2.41. The van der Waals surface area contributed by atoms with Gasteiger partial charge in [0.25, 0.3) is 0 Å². The molecule has 19 heavy (non-hydrogen) atoms. The molecule has 0 spiro atoms. The molecule has 1 atom stereocenters. The van der Waals surface area contributed by atoms with E-state index in [9.17, 15) is 0 Å². The summed E-state index contributed by atoms with van der Waals surface area (Å²) in [6, 6.07) is 7.99. The second kappa shape index (κ2) is 5.45. The zero-order valence-electron chi connectivity index (χ0n) is 11.3. The Bertz CT molecular complexity index is 568. The Morgan fingerprint density at radius 1 is 1.26 bits per heavy atom. The van der Waals surface area contributed by atoms with Crippen molar-refractivity contribution in [3.63, 3.8) is 0 Å². The number of rotatable bonds is 3. The fourth-order valence-electron chi connectivity index (χ4n) is 1.95. The van der Waals surface area contributed by atoms with Gasteiger partial charge < -0.3 is 10.6 Å². The highest BCUT2D eigenvalue weighted by Crippen LogP contribution is 2.27. The summed E-state index contributed by atoms with van der Waals surface area (Å²) in [6.07, 6.45) is 1.74. The Balaban J connectivity index is 2.30. The molecule has 5 heteroatoms.